The van der Waals surface area contributed by atoms with E-state index in [4.69, 9.17) is 0 Å². The van der Waals surface area contributed by atoms with Crippen molar-refractivity contribution in [2.45, 2.75) is 33.9 Å². The highest BCUT2D eigenvalue weighted by molar-refractivity contribution is 4.80. The van der Waals surface area contributed by atoms with E-state index in [0.717, 1.165) is 11.8 Å². The van der Waals surface area contributed by atoms with Crippen molar-refractivity contribution < 1.29 is 0 Å². The van der Waals surface area contributed by atoms with E-state index in [1.165, 1.54) is 13.1 Å². The third-order valence-corrected chi connectivity index (χ3v) is 2.81. The van der Waals surface area contributed by atoms with Gasteiger partial charge in [-0.25, -0.2) is 0 Å². The van der Waals surface area contributed by atoms with Gasteiger partial charge in [-0.3, -0.25) is 0 Å². The van der Waals surface area contributed by atoms with Gasteiger partial charge in [0.05, 0.1) is 6.17 Å². The SMILES string of the molecule is CC(C)C1CNC(C(C)C)NC1. The van der Waals surface area contributed by atoms with Crippen molar-refractivity contribution in [3.05, 3.63) is 0 Å². The Balaban J connectivity index is 2.30. The van der Waals surface area contributed by atoms with Crippen LogP contribution in [0.15, 0.2) is 0 Å². The van der Waals surface area contributed by atoms with E-state index in [9.17, 15) is 0 Å². The van der Waals surface area contributed by atoms with Crippen LogP contribution in [-0.2, 0) is 0 Å². The Bertz CT molecular complexity index is 108. The van der Waals surface area contributed by atoms with Crippen molar-refractivity contribution in [1.82, 2.24) is 10.6 Å². The molecule has 0 unspecified atom stereocenters. The summed E-state index contributed by atoms with van der Waals surface area (Å²) in [5.74, 6) is 2.29. The van der Waals surface area contributed by atoms with Gasteiger partial charge >= 0.3 is 0 Å². The summed E-state index contributed by atoms with van der Waals surface area (Å²) in [4.78, 5) is 0. The van der Waals surface area contributed by atoms with E-state index >= 15 is 0 Å². The van der Waals surface area contributed by atoms with Crippen molar-refractivity contribution in [1.29, 1.82) is 0 Å². The Morgan fingerprint density at radius 3 is 1.75 bits per heavy atom. The van der Waals surface area contributed by atoms with Gasteiger partial charge < -0.3 is 10.6 Å². The van der Waals surface area contributed by atoms with Gasteiger partial charge in [-0.05, 0) is 17.8 Å². The standard InChI is InChI=1S/C10H22N2/c1-7(2)9-5-11-10(8(3)4)12-6-9/h7-12H,5-6H2,1-4H3. The lowest BCUT2D eigenvalue weighted by atomic mass is 9.93. The first-order valence-electron chi connectivity index (χ1n) is 5.08. The summed E-state index contributed by atoms with van der Waals surface area (Å²) in [7, 11) is 0. The lowest BCUT2D eigenvalue weighted by Gasteiger charge is -2.35. The molecule has 0 aromatic carbocycles. The van der Waals surface area contributed by atoms with Crippen LogP contribution in [0.3, 0.4) is 0 Å². The molecule has 0 aromatic heterocycles. The molecule has 1 aliphatic rings. The zero-order valence-electron chi connectivity index (χ0n) is 8.72. The monoisotopic (exact) mass is 170 g/mol. The van der Waals surface area contributed by atoms with E-state index < -0.39 is 0 Å². The maximum Gasteiger partial charge on any atom is 0.0595 e. The number of hydrogen-bond donors (Lipinski definition) is 2. The lowest BCUT2D eigenvalue weighted by molar-refractivity contribution is 0.212. The first-order valence-corrected chi connectivity index (χ1v) is 5.08. The molecule has 0 aromatic rings. The molecular weight excluding hydrogens is 148 g/mol. The van der Waals surface area contributed by atoms with Gasteiger partial charge in [-0.2, -0.15) is 0 Å². The minimum atomic E-state index is 0.528. The summed E-state index contributed by atoms with van der Waals surface area (Å²) in [6.07, 6.45) is 0.528. The number of nitrogens with one attached hydrogen (secondary N) is 2. The van der Waals surface area contributed by atoms with Crippen LogP contribution in [0, 0.1) is 17.8 Å². The summed E-state index contributed by atoms with van der Waals surface area (Å²) < 4.78 is 0. The van der Waals surface area contributed by atoms with Gasteiger partial charge in [0.2, 0.25) is 0 Å². The van der Waals surface area contributed by atoms with Crippen LogP contribution in [0.25, 0.3) is 0 Å². The fraction of sp³-hybridized carbons (Fsp3) is 1.00. The highest BCUT2D eigenvalue weighted by Gasteiger charge is 2.23. The molecule has 0 atom stereocenters. The van der Waals surface area contributed by atoms with E-state index in [0.29, 0.717) is 12.1 Å². The molecule has 12 heavy (non-hydrogen) atoms. The molecule has 0 bridgehead atoms. The van der Waals surface area contributed by atoms with Crippen molar-refractivity contribution >= 4 is 0 Å². The summed E-state index contributed by atoms with van der Waals surface area (Å²) in [5, 5.41) is 7.08. The molecule has 2 nitrogen and oxygen atoms in total. The zero-order chi connectivity index (χ0) is 9.14. The van der Waals surface area contributed by atoms with E-state index in [-0.39, 0.29) is 0 Å². The normalized spacial score (nSPS) is 31.5. The zero-order valence-corrected chi connectivity index (χ0v) is 8.72. The summed E-state index contributed by atoms with van der Waals surface area (Å²) >= 11 is 0. The molecule has 1 fully saturated rings. The minimum absolute atomic E-state index is 0.528. The van der Waals surface area contributed by atoms with Crippen LogP contribution >= 0.6 is 0 Å². The number of rotatable bonds is 2. The average Bonchev–Trinajstić information content (AvgIpc) is 2.04. The van der Waals surface area contributed by atoms with Gasteiger partial charge in [0.25, 0.3) is 0 Å². The number of hydrogen-bond acceptors (Lipinski definition) is 2. The molecule has 0 amide bonds. The van der Waals surface area contributed by atoms with E-state index in [1.807, 2.05) is 0 Å². The second kappa shape index (κ2) is 4.24. The molecule has 0 spiro atoms. The maximum absolute atomic E-state index is 3.54. The molecule has 2 heteroatoms. The molecular formula is C10H22N2. The van der Waals surface area contributed by atoms with Crippen LogP contribution in [-0.4, -0.2) is 19.3 Å². The van der Waals surface area contributed by atoms with Crippen molar-refractivity contribution in [2.24, 2.45) is 17.8 Å². The first kappa shape index (κ1) is 10.0. The fourth-order valence-corrected chi connectivity index (χ4v) is 1.64. The molecule has 0 saturated carbocycles. The Labute approximate surface area is 76.1 Å². The van der Waals surface area contributed by atoms with E-state index in [2.05, 4.69) is 38.3 Å². The predicted molar refractivity (Wildman–Crippen MR) is 53.0 cm³/mol. The van der Waals surface area contributed by atoms with Crippen molar-refractivity contribution in [3.8, 4) is 0 Å². The molecule has 72 valence electrons. The third-order valence-electron chi connectivity index (χ3n) is 2.81. The molecule has 0 radical (unpaired) electrons. The maximum atomic E-state index is 3.54. The smallest absolute Gasteiger partial charge is 0.0595 e. The minimum Gasteiger partial charge on any atom is -0.301 e. The van der Waals surface area contributed by atoms with Gasteiger partial charge in [-0.15, -0.1) is 0 Å². The van der Waals surface area contributed by atoms with E-state index in [1.54, 1.807) is 0 Å². The lowest BCUT2D eigenvalue weighted by Crippen LogP contribution is -2.56. The van der Waals surface area contributed by atoms with Crippen LogP contribution in [0.1, 0.15) is 27.7 Å². The van der Waals surface area contributed by atoms with Crippen LogP contribution in [0.2, 0.25) is 0 Å². The quantitative estimate of drug-likeness (QED) is 0.655. The molecule has 0 aliphatic carbocycles. The summed E-state index contributed by atoms with van der Waals surface area (Å²) in [6, 6.07) is 0. The topological polar surface area (TPSA) is 24.1 Å². The molecule has 2 N–H and O–H groups in total. The van der Waals surface area contributed by atoms with Gasteiger partial charge in [-0.1, -0.05) is 27.7 Å². The highest BCUT2D eigenvalue weighted by atomic mass is 15.2. The average molecular weight is 170 g/mol. The Hall–Kier alpha value is -0.0800. The second-order valence-corrected chi connectivity index (χ2v) is 4.54. The van der Waals surface area contributed by atoms with Crippen LogP contribution in [0.4, 0.5) is 0 Å². The molecule has 1 aliphatic heterocycles. The predicted octanol–water partition coefficient (Wildman–Crippen LogP) is 1.43. The van der Waals surface area contributed by atoms with Gasteiger partial charge in [0, 0.05) is 13.1 Å². The Kier molecular flexibility index (Phi) is 3.53. The Morgan fingerprint density at radius 1 is 0.917 bits per heavy atom. The molecule has 1 heterocycles. The van der Waals surface area contributed by atoms with Crippen LogP contribution in [0.5, 0.6) is 0 Å². The second-order valence-electron chi connectivity index (χ2n) is 4.54. The first-order chi connectivity index (χ1) is 5.61. The third kappa shape index (κ3) is 2.46. The van der Waals surface area contributed by atoms with Crippen molar-refractivity contribution in [2.75, 3.05) is 13.1 Å². The Morgan fingerprint density at radius 2 is 1.42 bits per heavy atom. The largest absolute Gasteiger partial charge is 0.301 e. The van der Waals surface area contributed by atoms with Crippen molar-refractivity contribution in [3.63, 3.8) is 0 Å². The molecule has 1 saturated heterocycles. The van der Waals surface area contributed by atoms with Crippen LogP contribution < -0.4 is 10.6 Å². The fourth-order valence-electron chi connectivity index (χ4n) is 1.64. The summed E-state index contributed by atoms with van der Waals surface area (Å²) in [6.45, 7) is 11.4. The highest BCUT2D eigenvalue weighted by Crippen LogP contribution is 2.13. The van der Waals surface area contributed by atoms with Gasteiger partial charge in [0.1, 0.15) is 0 Å². The summed E-state index contributed by atoms with van der Waals surface area (Å²) in [5.41, 5.74) is 0. The van der Waals surface area contributed by atoms with Gasteiger partial charge in [0.15, 0.2) is 0 Å². The molecule has 1 rings (SSSR count).